The maximum atomic E-state index is 12.5. The highest BCUT2D eigenvalue weighted by Gasteiger charge is 2.20. The van der Waals surface area contributed by atoms with E-state index >= 15 is 0 Å². The number of carbonyl (C=O) groups is 2. The third kappa shape index (κ3) is 59.4. The summed E-state index contributed by atoms with van der Waals surface area (Å²) in [5, 5.41) is 23.4. The van der Waals surface area contributed by atoms with E-state index in [2.05, 4.69) is 43.5 Å². The van der Waals surface area contributed by atoms with Crippen LogP contribution in [-0.4, -0.2) is 47.4 Å². The summed E-state index contributed by atoms with van der Waals surface area (Å²) in [6, 6.07) is -0.543. The van der Waals surface area contributed by atoms with Gasteiger partial charge in [-0.15, -0.1) is 0 Å². The van der Waals surface area contributed by atoms with Gasteiger partial charge < -0.3 is 20.3 Å². The van der Waals surface area contributed by atoms with Crippen LogP contribution in [0, 0.1) is 0 Å². The van der Waals surface area contributed by atoms with Crippen LogP contribution in [0.1, 0.15) is 367 Å². The zero-order valence-electron chi connectivity index (χ0n) is 49.4. The van der Waals surface area contributed by atoms with E-state index in [9.17, 15) is 19.8 Å². The summed E-state index contributed by atoms with van der Waals surface area (Å²) in [5.74, 6) is -0.0296. The Kier molecular flexibility index (Phi) is 61.4. The Morgan fingerprint density at radius 3 is 1.05 bits per heavy atom. The smallest absolute Gasteiger partial charge is 0.305 e. The number of nitrogens with one attached hydrogen (secondary N) is 1. The molecule has 0 heterocycles. The van der Waals surface area contributed by atoms with E-state index in [1.807, 2.05) is 0 Å². The highest BCUT2D eigenvalue weighted by molar-refractivity contribution is 5.76. The zero-order valence-corrected chi connectivity index (χ0v) is 49.4. The molecule has 0 bridgehead atoms. The third-order valence-electron chi connectivity index (χ3n) is 15.5. The summed E-state index contributed by atoms with van der Waals surface area (Å²) < 4.78 is 5.50. The van der Waals surface area contributed by atoms with E-state index in [4.69, 9.17) is 4.74 Å². The average Bonchev–Trinajstić information content (AvgIpc) is 3.39. The van der Waals surface area contributed by atoms with Gasteiger partial charge in [-0.3, -0.25) is 9.59 Å². The number of allylic oxidation sites excluding steroid dienone is 4. The Bertz CT molecular complexity index is 1140. The zero-order chi connectivity index (χ0) is 52.9. The molecular weight excluding hydrogens is 899 g/mol. The number of ether oxygens (including phenoxy) is 1. The maximum absolute atomic E-state index is 12.5. The molecule has 0 spiro atoms. The number of rotatable bonds is 62. The van der Waals surface area contributed by atoms with Crippen molar-refractivity contribution in [2.45, 2.75) is 379 Å². The van der Waals surface area contributed by atoms with Crippen molar-refractivity contribution in [1.82, 2.24) is 5.32 Å². The van der Waals surface area contributed by atoms with Gasteiger partial charge in [0.05, 0.1) is 25.4 Å². The van der Waals surface area contributed by atoms with Crippen LogP contribution in [0.2, 0.25) is 0 Å². The molecule has 2 unspecified atom stereocenters. The van der Waals surface area contributed by atoms with Crippen LogP contribution in [0.3, 0.4) is 0 Å². The van der Waals surface area contributed by atoms with Crippen molar-refractivity contribution in [2.75, 3.05) is 13.2 Å². The van der Waals surface area contributed by atoms with Gasteiger partial charge in [0.15, 0.2) is 0 Å². The predicted molar refractivity (Wildman–Crippen MR) is 320 cm³/mol. The highest BCUT2D eigenvalue weighted by Crippen LogP contribution is 2.18. The van der Waals surface area contributed by atoms with Crippen LogP contribution in [-0.2, 0) is 14.3 Å². The summed E-state index contributed by atoms with van der Waals surface area (Å²) in [4.78, 5) is 24.6. The molecule has 0 aromatic carbocycles. The molecule has 73 heavy (non-hydrogen) atoms. The number of hydrogen-bond donors (Lipinski definition) is 3. The molecule has 0 aromatic heterocycles. The van der Waals surface area contributed by atoms with Crippen LogP contribution in [0.4, 0.5) is 0 Å². The molecular formula is C67H129NO5. The largest absolute Gasteiger partial charge is 0.466 e. The van der Waals surface area contributed by atoms with Gasteiger partial charge >= 0.3 is 5.97 Å². The molecule has 0 aromatic rings. The summed E-state index contributed by atoms with van der Waals surface area (Å²) in [6.45, 7) is 4.96. The molecule has 6 heteroatoms. The number of amides is 1. The molecule has 0 saturated heterocycles. The lowest BCUT2D eigenvalue weighted by Crippen LogP contribution is -2.45. The van der Waals surface area contributed by atoms with E-state index in [1.165, 1.54) is 283 Å². The molecule has 0 rings (SSSR count). The second-order valence-electron chi connectivity index (χ2n) is 22.8. The van der Waals surface area contributed by atoms with Crippen molar-refractivity contribution in [2.24, 2.45) is 0 Å². The molecule has 0 radical (unpaired) electrons. The van der Waals surface area contributed by atoms with Crippen molar-refractivity contribution < 1.29 is 24.5 Å². The van der Waals surface area contributed by atoms with Crippen molar-refractivity contribution in [1.29, 1.82) is 0 Å². The Morgan fingerprint density at radius 2 is 0.685 bits per heavy atom. The monoisotopic (exact) mass is 1030 g/mol. The van der Waals surface area contributed by atoms with Crippen LogP contribution in [0.25, 0.3) is 0 Å². The van der Waals surface area contributed by atoms with Crippen LogP contribution < -0.4 is 5.32 Å². The molecule has 0 saturated carbocycles. The molecule has 6 nitrogen and oxygen atoms in total. The summed E-state index contributed by atoms with van der Waals surface area (Å²) in [7, 11) is 0. The number of esters is 1. The Hall–Kier alpha value is -1.66. The average molecular weight is 1030 g/mol. The van der Waals surface area contributed by atoms with Crippen LogP contribution in [0.15, 0.2) is 24.3 Å². The lowest BCUT2D eigenvalue weighted by Gasteiger charge is -2.22. The molecule has 1 amide bonds. The Balaban J connectivity index is 3.39. The molecule has 0 fully saturated rings. The topological polar surface area (TPSA) is 95.9 Å². The molecule has 2 atom stereocenters. The molecule has 3 N–H and O–H groups in total. The van der Waals surface area contributed by atoms with Gasteiger partial charge in [-0.2, -0.15) is 0 Å². The van der Waals surface area contributed by atoms with Gasteiger partial charge in [0.2, 0.25) is 5.91 Å². The number of hydrogen-bond acceptors (Lipinski definition) is 5. The lowest BCUT2D eigenvalue weighted by molar-refractivity contribution is -0.143. The first-order chi connectivity index (χ1) is 36.0. The standard InChI is InChI=1S/C67H129NO5/c1-3-5-7-9-11-13-15-17-19-21-27-31-35-39-43-47-51-55-59-65(70)64(63-69)68-66(71)60-56-52-48-44-40-36-32-28-25-23-24-26-30-34-38-42-46-50-54-58-62-73-67(72)61-57-53-49-45-41-37-33-29-22-20-18-16-14-12-10-8-6-4-2/h14,16,20,22,64-65,69-70H,3-13,15,17-19,21,23-63H2,1-2H3,(H,68,71)/b16-14-,22-20-. The lowest BCUT2D eigenvalue weighted by atomic mass is 10.0. The van der Waals surface area contributed by atoms with E-state index in [1.54, 1.807) is 0 Å². The van der Waals surface area contributed by atoms with Gasteiger partial charge in [-0.05, 0) is 57.8 Å². The minimum atomic E-state index is -0.666. The Morgan fingerprint density at radius 1 is 0.384 bits per heavy atom. The fraction of sp³-hybridized carbons (Fsp3) is 0.910. The SMILES string of the molecule is CCCCCC/C=C\C/C=C\CCCCCCCCCC(=O)OCCCCCCCCCCCCCCCCCCCCCCC(=O)NC(CO)C(O)CCCCCCCCCCCCCCCCCCCC. The van der Waals surface area contributed by atoms with Crippen LogP contribution in [0.5, 0.6) is 0 Å². The number of unbranched alkanes of at least 4 members (excludes halogenated alkanes) is 47. The highest BCUT2D eigenvalue weighted by atomic mass is 16.5. The maximum Gasteiger partial charge on any atom is 0.305 e. The first-order valence-corrected chi connectivity index (χ1v) is 33.1. The van der Waals surface area contributed by atoms with Crippen molar-refractivity contribution in [3.63, 3.8) is 0 Å². The first-order valence-electron chi connectivity index (χ1n) is 33.1. The normalized spacial score (nSPS) is 12.7. The van der Waals surface area contributed by atoms with Crippen molar-refractivity contribution in [3.8, 4) is 0 Å². The van der Waals surface area contributed by atoms with E-state index < -0.39 is 12.1 Å². The fourth-order valence-electron chi connectivity index (χ4n) is 10.4. The number of carbonyl (C=O) groups excluding carboxylic acids is 2. The molecule has 0 aliphatic carbocycles. The molecule has 0 aliphatic rings. The van der Waals surface area contributed by atoms with E-state index in [-0.39, 0.29) is 18.5 Å². The van der Waals surface area contributed by atoms with E-state index in [0.717, 1.165) is 51.4 Å². The first kappa shape index (κ1) is 71.3. The Labute approximate surface area is 456 Å². The van der Waals surface area contributed by atoms with E-state index in [0.29, 0.717) is 25.9 Å². The molecule has 0 aliphatic heterocycles. The van der Waals surface area contributed by atoms with Gasteiger partial charge in [-0.25, -0.2) is 0 Å². The van der Waals surface area contributed by atoms with Gasteiger partial charge in [0.25, 0.3) is 0 Å². The minimum absolute atomic E-state index is 0.00411. The number of aliphatic hydroxyl groups excluding tert-OH is 2. The minimum Gasteiger partial charge on any atom is -0.466 e. The quantitative estimate of drug-likeness (QED) is 0.0320. The summed E-state index contributed by atoms with van der Waals surface area (Å²) in [5.41, 5.74) is 0. The van der Waals surface area contributed by atoms with Gasteiger partial charge in [0, 0.05) is 12.8 Å². The van der Waals surface area contributed by atoms with Gasteiger partial charge in [0.1, 0.15) is 0 Å². The summed E-state index contributed by atoms with van der Waals surface area (Å²) >= 11 is 0. The third-order valence-corrected chi connectivity index (χ3v) is 15.5. The number of aliphatic hydroxyl groups is 2. The van der Waals surface area contributed by atoms with Gasteiger partial charge in [-0.1, -0.05) is 321 Å². The summed E-state index contributed by atoms with van der Waals surface area (Å²) in [6.07, 6.45) is 77.6. The second-order valence-corrected chi connectivity index (χ2v) is 22.8. The van der Waals surface area contributed by atoms with Crippen LogP contribution >= 0.6 is 0 Å². The molecule has 432 valence electrons. The van der Waals surface area contributed by atoms with Crippen molar-refractivity contribution >= 4 is 11.9 Å². The predicted octanol–water partition coefficient (Wildman–Crippen LogP) is 21.0. The van der Waals surface area contributed by atoms with Crippen molar-refractivity contribution in [3.05, 3.63) is 24.3 Å². The fourth-order valence-corrected chi connectivity index (χ4v) is 10.4. The second kappa shape index (κ2) is 62.9.